The number of piperidine rings is 2. The van der Waals surface area contributed by atoms with Gasteiger partial charge in [0.15, 0.2) is 0 Å². The lowest BCUT2D eigenvalue weighted by molar-refractivity contribution is -0.142. The van der Waals surface area contributed by atoms with Crippen molar-refractivity contribution in [3.8, 4) is 0 Å². The number of halogens is 1. The topological polar surface area (TPSA) is 66.6 Å². The molecule has 2 heterocycles. The summed E-state index contributed by atoms with van der Waals surface area (Å²) in [5.74, 6) is 0.902. The van der Waals surface area contributed by atoms with Gasteiger partial charge in [0.1, 0.15) is 6.04 Å². The molecule has 27 heavy (non-hydrogen) atoms. The molecule has 0 aliphatic carbocycles. The van der Waals surface area contributed by atoms with Crippen LogP contribution in [-0.4, -0.2) is 47.8 Å². The molecule has 1 aromatic rings. The average molecular weight is 394 g/mol. The summed E-state index contributed by atoms with van der Waals surface area (Å²) in [5.41, 5.74) is 8.18. The number of rotatable bonds is 3. The molecule has 0 spiro atoms. The molecule has 2 fully saturated rings. The first-order valence-electron chi connectivity index (χ1n) is 9.85. The van der Waals surface area contributed by atoms with Gasteiger partial charge in [-0.1, -0.05) is 36.8 Å². The van der Waals surface area contributed by atoms with Crippen molar-refractivity contribution < 1.29 is 9.59 Å². The maximum Gasteiger partial charge on any atom is 0.244 e. The minimum atomic E-state index is -0.620. The van der Waals surface area contributed by atoms with E-state index in [-0.39, 0.29) is 30.1 Å². The Hall–Kier alpha value is -1.59. The fourth-order valence-electron chi connectivity index (χ4n) is 4.11. The van der Waals surface area contributed by atoms with Crippen LogP contribution < -0.4 is 5.73 Å². The fraction of sp³-hybridized carbons (Fsp3) is 0.619. The monoisotopic (exact) mass is 393 g/mol. The first-order valence-corrected chi connectivity index (χ1v) is 9.85. The maximum absolute atomic E-state index is 12.8. The van der Waals surface area contributed by atoms with Gasteiger partial charge in [0.05, 0.1) is 0 Å². The molecule has 2 aliphatic rings. The van der Waals surface area contributed by atoms with Gasteiger partial charge in [-0.05, 0) is 44.1 Å². The molecular weight excluding hydrogens is 362 g/mol. The summed E-state index contributed by atoms with van der Waals surface area (Å²) in [6, 6.07) is 7.18. The lowest BCUT2D eigenvalue weighted by atomic mass is 9.92. The molecule has 5 nitrogen and oxygen atoms in total. The second-order valence-electron chi connectivity index (χ2n) is 8.02. The van der Waals surface area contributed by atoms with Crippen LogP contribution in [0.4, 0.5) is 0 Å². The van der Waals surface area contributed by atoms with Crippen LogP contribution in [-0.2, 0) is 9.59 Å². The van der Waals surface area contributed by atoms with Crippen molar-refractivity contribution in [1.29, 1.82) is 0 Å². The summed E-state index contributed by atoms with van der Waals surface area (Å²) in [6.45, 7) is 7.25. The van der Waals surface area contributed by atoms with Gasteiger partial charge in [-0.3, -0.25) is 9.59 Å². The average Bonchev–Trinajstić information content (AvgIpc) is 2.67. The quantitative estimate of drug-likeness (QED) is 0.858. The molecule has 150 valence electrons. The number of likely N-dealkylation sites (tertiary alicyclic amines) is 2. The fourth-order valence-corrected chi connectivity index (χ4v) is 4.11. The molecule has 0 saturated carbocycles. The van der Waals surface area contributed by atoms with Crippen molar-refractivity contribution in [2.24, 2.45) is 17.6 Å². The van der Waals surface area contributed by atoms with Crippen LogP contribution in [0.2, 0.25) is 0 Å². The highest BCUT2D eigenvalue weighted by molar-refractivity contribution is 5.85. The van der Waals surface area contributed by atoms with Gasteiger partial charge < -0.3 is 15.5 Å². The summed E-state index contributed by atoms with van der Waals surface area (Å²) >= 11 is 0. The summed E-state index contributed by atoms with van der Waals surface area (Å²) in [5, 5.41) is 0. The molecule has 0 bridgehead atoms. The van der Waals surface area contributed by atoms with Gasteiger partial charge in [0, 0.05) is 32.1 Å². The SMILES string of the molecule is Cc1ccc(C(N)C(=O)N2CCC(C(=O)N3CCCC(C)C3)CC2)cc1.Cl. The lowest BCUT2D eigenvalue weighted by Gasteiger charge is -2.37. The summed E-state index contributed by atoms with van der Waals surface area (Å²) in [4.78, 5) is 29.3. The van der Waals surface area contributed by atoms with Gasteiger partial charge >= 0.3 is 0 Å². The number of amides is 2. The molecule has 1 aromatic carbocycles. The largest absolute Gasteiger partial charge is 0.342 e. The van der Waals surface area contributed by atoms with E-state index in [0.29, 0.717) is 19.0 Å². The Bertz CT molecular complexity index is 641. The van der Waals surface area contributed by atoms with Crippen LogP contribution in [0.1, 0.15) is 49.8 Å². The Morgan fingerprint density at radius 3 is 2.26 bits per heavy atom. The Morgan fingerprint density at radius 2 is 1.67 bits per heavy atom. The summed E-state index contributed by atoms with van der Waals surface area (Å²) in [6.07, 6.45) is 3.81. The van der Waals surface area contributed by atoms with E-state index < -0.39 is 6.04 Å². The molecule has 3 rings (SSSR count). The minimum absolute atomic E-state index is 0. The first-order chi connectivity index (χ1) is 12.5. The third kappa shape index (κ3) is 5.23. The molecular formula is C21H32ClN3O2. The van der Waals surface area contributed by atoms with E-state index in [1.165, 1.54) is 6.42 Å². The van der Waals surface area contributed by atoms with E-state index in [2.05, 4.69) is 6.92 Å². The van der Waals surface area contributed by atoms with Crippen molar-refractivity contribution >= 4 is 24.2 Å². The van der Waals surface area contributed by atoms with Gasteiger partial charge in [-0.15, -0.1) is 12.4 Å². The van der Waals surface area contributed by atoms with E-state index in [4.69, 9.17) is 5.73 Å². The zero-order chi connectivity index (χ0) is 18.7. The third-order valence-corrected chi connectivity index (χ3v) is 5.83. The molecule has 0 aromatic heterocycles. The molecule has 2 unspecified atom stereocenters. The van der Waals surface area contributed by atoms with Crippen molar-refractivity contribution in [3.05, 3.63) is 35.4 Å². The summed E-state index contributed by atoms with van der Waals surface area (Å²) in [7, 11) is 0. The highest BCUT2D eigenvalue weighted by Crippen LogP contribution is 2.25. The zero-order valence-corrected chi connectivity index (χ0v) is 17.2. The van der Waals surface area contributed by atoms with Crippen LogP contribution in [0, 0.1) is 18.8 Å². The lowest BCUT2D eigenvalue weighted by Crippen LogP contribution is -2.48. The molecule has 2 amide bonds. The van der Waals surface area contributed by atoms with Crippen LogP contribution in [0.3, 0.4) is 0 Å². The van der Waals surface area contributed by atoms with Gasteiger partial charge in [-0.25, -0.2) is 0 Å². The highest BCUT2D eigenvalue weighted by Gasteiger charge is 2.33. The highest BCUT2D eigenvalue weighted by atomic mass is 35.5. The van der Waals surface area contributed by atoms with Gasteiger partial charge in [0.2, 0.25) is 11.8 Å². The van der Waals surface area contributed by atoms with Gasteiger partial charge in [0.25, 0.3) is 0 Å². The molecule has 2 atom stereocenters. The molecule has 6 heteroatoms. The van der Waals surface area contributed by atoms with Crippen LogP contribution in [0.5, 0.6) is 0 Å². The first kappa shape index (κ1) is 21.7. The van der Waals surface area contributed by atoms with Crippen LogP contribution in [0.15, 0.2) is 24.3 Å². The van der Waals surface area contributed by atoms with E-state index in [1.54, 1.807) is 0 Å². The number of carbonyl (C=O) groups excluding carboxylic acids is 2. The van der Waals surface area contributed by atoms with Crippen LogP contribution >= 0.6 is 12.4 Å². The van der Waals surface area contributed by atoms with Crippen molar-refractivity contribution in [2.75, 3.05) is 26.2 Å². The number of benzene rings is 1. The van der Waals surface area contributed by atoms with E-state index in [1.807, 2.05) is 41.0 Å². The Morgan fingerprint density at radius 1 is 1.04 bits per heavy atom. The van der Waals surface area contributed by atoms with Crippen LogP contribution in [0.25, 0.3) is 0 Å². The Labute approximate surface area is 168 Å². The second-order valence-corrected chi connectivity index (χ2v) is 8.02. The summed E-state index contributed by atoms with van der Waals surface area (Å²) < 4.78 is 0. The number of hydrogen-bond donors (Lipinski definition) is 1. The third-order valence-electron chi connectivity index (χ3n) is 5.83. The van der Waals surface area contributed by atoms with E-state index in [0.717, 1.165) is 43.5 Å². The van der Waals surface area contributed by atoms with Crippen molar-refractivity contribution in [3.63, 3.8) is 0 Å². The van der Waals surface area contributed by atoms with E-state index in [9.17, 15) is 9.59 Å². The number of hydrogen-bond acceptors (Lipinski definition) is 3. The zero-order valence-electron chi connectivity index (χ0n) is 16.4. The molecule has 2 N–H and O–H groups in total. The molecule has 2 saturated heterocycles. The predicted octanol–water partition coefficient (Wildman–Crippen LogP) is 2.91. The predicted molar refractivity (Wildman–Crippen MR) is 110 cm³/mol. The standard InChI is InChI=1S/C21H31N3O2.ClH/c1-15-5-7-17(8-6-15)19(22)21(26)23-12-9-18(10-13-23)20(25)24-11-3-4-16(2)14-24;/h5-8,16,18-19H,3-4,9-14,22H2,1-2H3;1H. The number of aryl methyl sites for hydroxylation is 1. The minimum Gasteiger partial charge on any atom is -0.342 e. The smallest absolute Gasteiger partial charge is 0.244 e. The normalized spacial score (nSPS) is 22.1. The maximum atomic E-state index is 12.8. The molecule has 2 aliphatic heterocycles. The number of nitrogens with zero attached hydrogens (tertiary/aromatic N) is 2. The molecule has 0 radical (unpaired) electrons. The Kier molecular flexibility index (Phi) is 7.68. The van der Waals surface area contributed by atoms with Gasteiger partial charge in [-0.2, -0.15) is 0 Å². The number of carbonyl (C=O) groups is 2. The Balaban J connectivity index is 0.00000261. The van der Waals surface area contributed by atoms with E-state index >= 15 is 0 Å². The van der Waals surface area contributed by atoms with Crippen molar-refractivity contribution in [2.45, 2.75) is 45.6 Å². The second kappa shape index (κ2) is 9.56. The number of nitrogens with two attached hydrogens (primary N) is 1. The van der Waals surface area contributed by atoms with Crippen molar-refractivity contribution in [1.82, 2.24) is 9.80 Å².